The van der Waals surface area contributed by atoms with Gasteiger partial charge in [-0.1, -0.05) is 275 Å². The molecule has 0 heteroatoms. The Balaban J connectivity index is 0.000000455. The molecule has 0 aliphatic carbocycles. The van der Waals surface area contributed by atoms with E-state index in [9.17, 15) is 0 Å². The Morgan fingerprint density at radius 1 is 0.277 bits per heavy atom. The Bertz CT molecular complexity index is 3660. The molecular formula is C94H116+8. The van der Waals surface area contributed by atoms with Crippen molar-refractivity contribution in [3.05, 3.63) is 352 Å². The van der Waals surface area contributed by atoms with E-state index >= 15 is 0 Å². The molecule has 0 aliphatic heterocycles. The van der Waals surface area contributed by atoms with Crippen molar-refractivity contribution in [2.45, 2.75) is 215 Å². The molecule has 0 aromatic heterocycles. The van der Waals surface area contributed by atoms with Gasteiger partial charge in [0.25, 0.3) is 0 Å². The Labute approximate surface area is 575 Å². The third-order valence-electron chi connectivity index (χ3n) is 21.1. The maximum absolute atomic E-state index is 4.81. The molecule has 0 aliphatic rings. The highest BCUT2D eigenvalue weighted by atomic mass is 14.4. The lowest BCUT2D eigenvalue weighted by Gasteiger charge is -2.37. The molecule has 6 atom stereocenters. The predicted molar refractivity (Wildman–Crippen MR) is 414 cm³/mol. The van der Waals surface area contributed by atoms with Crippen LogP contribution in [-0.4, -0.2) is 0 Å². The molecule has 0 amide bonds. The molecule has 0 nitrogen and oxygen atoms in total. The van der Waals surface area contributed by atoms with Crippen molar-refractivity contribution < 1.29 is 0 Å². The highest BCUT2D eigenvalue weighted by Crippen LogP contribution is 2.49. The first-order valence-corrected chi connectivity index (χ1v) is 34.5. The van der Waals surface area contributed by atoms with Crippen LogP contribution in [0, 0.1) is 55.4 Å². The summed E-state index contributed by atoms with van der Waals surface area (Å²) in [5, 5.41) is 0. The highest BCUT2D eigenvalue weighted by molar-refractivity contribution is 5.50. The number of hydrogen-bond donors (Lipinski definition) is 0. The first-order chi connectivity index (χ1) is 43.7. The van der Waals surface area contributed by atoms with E-state index in [0.29, 0.717) is 0 Å². The summed E-state index contributed by atoms with van der Waals surface area (Å²) in [5.74, 6) is 0.989. The molecule has 0 radical (unpaired) electrons. The van der Waals surface area contributed by atoms with Gasteiger partial charge in [0, 0.05) is 39.5 Å². The minimum absolute atomic E-state index is 0.0405. The first-order valence-electron chi connectivity index (χ1n) is 34.5. The summed E-state index contributed by atoms with van der Waals surface area (Å²) in [6, 6.07) is 72.7. The lowest BCUT2D eigenvalue weighted by atomic mass is 9.67. The van der Waals surface area contributed by atoms with Gasteiger partial charge >= 0.3 is 0 Å². The summed E-state index contributed by atoms with van der Waals surface area (Å²) < 4.78 is 0. The average molecular weight is 1250 g/mol. The van der Waals surface area contributed by atoms with Crippen LogP contribution < -0.4 is 0 Å². The normalized spacial score (nSPS) is 14.7. The Kier molecular flexibility index (Phi) is 22.7. The maximum Gasteiger partial charge on any atom is 0.129 e. The molecule has 0 saturated heterocycles. The van der Waals surface area contributed by atoms with Gasteiger partial charge in [0.05, 0.1) is 55.4 Å². The zero-order chi connectivity index (χ0) is 69.6. The molecule has 0 fully saturated rings. The quantitative estimate of drug-likeness (QED) is 0.0474. The lowest BCUT2D eigenvalue weighted by molar-refractivity contribution is 0.366. The van der Waals surface area contributed by atoms with Crippen molar-refractivity contribution in [1.29, 1.82) is 0 Å². The summed E-state index contributed by atoms with van der Waals surface area (Å²) in [5.41, 5.74) is 19.4. The Morgan fingerprint density at radius 2 is 0.521 bits per heavy atom. The molecule has 8 aromatic carbocycles. The fourth-order valence-electron chi connectivity index (χ4n) is 13.6. The van der Waals surface area contributed by atoms with E-state index < -0.39 is 0 Å². The van der Waals surface area contributed by atoms with Gasteiger partial charge in [0.2, 0.25) is 0 Å². The monoisotopic (exact) mass is 1240 g/mol. The van der Waals surface area contributed by atoms with Gasteiger partial charge in [-0.3, -0.25) is 0 Å². The van der Waals surface area contributed by atoms with Crippen LogP contribution in [0.25, 0.3) is 12.2 Å². The minimum atomic E-state index is -0.204. The van der Waals surface area contributed by atoms with Gasteiger partial charge in [0.15, 0.2) is 0 Å². The minimum Gasteiger partial charge on any atom is -0.0985 e. The fourth-order valence-corrected chi connectivity index (χ4v) is 13.6. The van der Waals surface area contributed by atoms with E-state index in [-0.39, 0.29) is 78.8 Å². The molecule has 94 heavy (non-hydrogen) atoms. The average Bonchev–Trinajstić information content (AvgIpc) is 0.822. The van der Waals surface area contributed by atoms with Gasteiger partial charge in [-0.2, -0.15) is 0 Å². The largest absolute Gasteiger partial charge is 0.129 e. The maximum atomic E-state index is 4.81. The van der Waals surface area contributed by atoms with Gasteiger partial charge in [0.1, 0.15) is 45.3 Å². The van der Waals surface area contributed by atoms with E-state index in [1.54, 1.807) is 0 Å². The molecule has 8 rings (SSSR count). The second-order valence-electron chi connectivity index (χ2n) is 32.8. The van der Waals surface area contributed by atoms with Crippen LogP contribution in [0.5, 0.6) is 0 Å². The van der Waals surface area contributed by atoms with Crippen LogP contribution in [0.4, 0.5) is 0 Å². The SMILES string of the molecule is C=Cc1ccc(C(C)(C)C([CH2+])c2ccc(C([CH2+])(C)C)cc2)cc1.C=Cc1ccc(C(C)(C)CC(c2ccc(C(C)(C)CC([CH2+])c3ccc(C([CH2+])(C)C)cc3)cc2)C(CCC([CH2+])c2ccc(C([CH2+])(C)C)cc2)c2ccc(C(C)(C)C([CH2+])c3ccc(C([CH2+])(C)C)cc3)cc2)cc1. The standard InChI is InChI=1S/C71H88.C23H28/c1-20-52-22-34-61(35-23-52)70(16,17)48-65(57-30-42-62(43-31-57)69(14,15)47-50(3)54-26-38-59(39-27-54)67(8,9)10)64(46-21-49(2)53-24-36-58(37-25-53)66(5,6)7)56-32-44-63(45-33-56)71(18,19)51(4)55-28-40-60(41-29-55)68(11,12)13;1-8-18-9-13-21(14-10-18)23(6,7)17(2)19-11-15-20(16-12-19)22(3,4)5/h20,22-45,49-51,64-65H,1-5,8,11,21,46-48H2,6-7,9-10,12-19H3;8-17H,1-3H2,4-7H3/q+6;+2. The smallest absolute Gasteiger partial charge is 0.0985 e. The van der Waals surface area contributed by atoms with Gasteiger partial charge < -0.3 is 0 Å². The van der Waals surface area contributed by atoms with E-state index in [0.717, 1.165) is 36.8 Å². The van der Waals surface area contributed by atoms with Crippen LogP contribution in [0.15, 0.2) is 207 Å². The summed E-state index contributed by atoms with van der Waals surface area (Å²) in [4.78, 5) is 0. The molecular weight excluding hydrogens is 1130 g/mol. The van der Waals surface area contributed by atoms with Crippen molar-refractivity contribution in [3.8, 4) is 0 Å². The fraction of sp³-hybridized carbons (Fsp3) is 0.362. The number of hydrogen-bond acceptors (Lipinski definition) is 0. The van der Waals surface area contributed by atoms with Gasteiger partial charge in [-0.05, 0) is 164 Å². The van der Waals surface area contributed by atoms with Gasteiger partial charge in [-0.25, -0.2) is 0 Å². The molecule has 0 spiro atoms. The second kappa shape index (κ2) is 29.0. The Morgan fingerprint density at radius 3 is 0.840 bits per heavy atom. The van der Waals surface area contributed by atoms with Crippen LogP contribution in [-0.2, 0) is 43.3 Å². The number of rotatable bonds is 26. The molecule has 0 saturated carbocycles. The van der Waals surface area contributed by atoms with E-state index in [2.05, 4.69) is 360 Å². The van der Waals surface area contributed by atoms with Crippen LogP contribution >= 0.6 is 0 Å². The third-order valence-corrected chi connectivity index (χ3v) is 21.1. The molecule has 484 valence electrons. The predicted octanol–water partition coefficient (Wildman–Crippen LogP) is 25.8. The summed E-state index contributed by atoms with van der Waals surface area (Å²) >= 11 is 0. The van der Waals surface area contributed by atoms with Crippen LogP contribution in [0.3, 0.4) is 0 Å². The van der Waals surface area contributed by atoms with Crippen molar-refractivity contribution in [1.82, 2.24) is 0 Å². The van der Waals surface area contributed by atoms with E-state index in [1.807, 2.05) is 12.2 Å². The highest BCUT2D eigenvalue weighted by Gasteiger charge is 2.39. The Hall–Kier alpha value is -7.80. The van der Waals surface area contributed by atoms with Crippen molar-refractivity contribution in [2.75, 3.05) is 0 Å². The summed E-state index contributed by atoms with van der Waals surface area (Å²) in [7, 11) is 0. The molecule has 0 heterocycles. The third kappa shape index (κ3) is 18.2. The van der Waals surface area contributed by atoms with Gasteiger partial charge in [-0.15, -0.1) is 0 Å². The zero-order valence-corrected chi connectivity index (χ0v) is 61.0. The zero-order valence-electron chi connectivity index (χ0n) is 61.0. The van der Waals surface area contributed by atoms with E-state index in [4.69, 9.17) is 13.8 Å². The summed E-state index contributed by atoms with van der Waals surface area (Å²) in [6.45, 7) is 80.0. The van der Waals surface area contributed by atoms with E-state index in [1.165, 1.54) is 77.9 Å². The van der Waals surface area contributed by atoms with Crippen LogP contribution in [0.1, 0.15) is 261 Å². The molecule has 0 bridgehead atoms. The van der Waals surface area contributed by atoms with Crippen molar-refractivity contribution in [3.63, 3.8) is 0 Å². The number of benzene rings is 8. The molecule has 6 unspecified atom stereocenters. The molecule has 8 aromatic rings. The molecule has 0 N–H and O–H groups in total. The first kappa shape index (κ1) is 73.6. The van der Waals surface area contributed by atoms with Crippen LogP contribution in [0.2, 0.25) is 0 Å². The lowest BCUT2D eigenvalue weighted by Crippen LogP contribution is -2.26. The van der Waals surface area contributed by atoms with Crippen molar-refractivity contribution >= 4 is 12.2 Å². The second-order valence-corrected chi connectivity index (χ2v) is 32.8. The topological polar surface area (TPSA) is 0 Å². The van der Waals surface area contributed by atoms with Crippen molar-refractivity contribution in [2.24, 2.45) is 0 Å². The summed E-state index contributed by atoms with van der Waals surface area (Å²) in [6.07, 6.45) is 7.66.